The van der Waals surface area contributed by atoms with Gasteiger partial charge in [0.1, 0.15) is 11.3 Å². The first-order chi connectivity index (χ1) is 15.0. The maximum absolute atomic E-state index is 12.7. The number of rotatable bonds is 7. The van der Waals surface area contributed by atoms with E-state index in [1.807, 2.05) is 54.6 Å². The van der Waals surface area contributed by atoms with Crippen LogP contribution in [0.2, 0.25) is 0 Å². The third kappa shape index (κ3) is 4.94. The zero-order valence-corrected chi connectivity index (χ0v) is 18.0. The number of aryl methyl sites for hydroxylation is 1. The predicted octanol–water partition coefficient (Wildman–Crippen LogP) is 6.34. The summed E-state index contributed by atoms with van der Waals surface area (Å²) in [5.74, 6) is 1.56. The first-order valence-corrected chi connectivity index (χ1v) is 10.6. The number of benzene rings is 3. The van der Waals surface area contributed by atoms with Gasteiger partial charge in [-0.05, 0) is 72.5 Å². The first-order valence-electron chi connectivity index (χ1n) is 10.6. The molecule has 31 heavy (non-hydrogen) atoms. The molecule has 0 aliphatic heterocycles. The molecule has 0 unspecified atom stereocenters. The molecule has 5 nitrogen and oxygen atoms in total. The highest BCUT2D eigenvalue weighted by Crippen LogP contribution is 2.27. The van der Waals surface area contributed by atoms with Crippen LogP contribution < -0.4 is 10.1 Å². The van der Waals surface area contributed by atoms with Crippen molar-refractivity contribution in [3.63, 3.8) is 0 Å². The highest BCUT2D eigenvalue weighted by molar-refractivity contribution is 6.04. The van der Waals surface area contributed by atoms with Crippen LogP contribution in [0.1, 0.15) is 36.7 Å². The Balaban J connectivity index is 1.49. The summed E-state index contributed by atoms with van der Waals surface area (Å²) < 4.78 is 11.6. The molecule has 0 radical (unpaired) electrons. The van der Waals surface area contributed by atoms with Crippen molar-refractivity contribution in [1.29, 1.82) is 0 Å². The summed E-state index contributed by atoms with van der Waals surface area (Å²) in [7, 11) is 0. The Morgan fingerprint density at radius 1 is 1.06 bits per heavy atom. The number of oxazole rings is 1. The molecule has 4 rings (SSSR count). The highest BCUT2D eigenvalue weighted by atomic mass is 16.5. The fourth-order valence-corrected chi connectivity index (χ4v) is 3.22. The molecule has 0 atom stereocenters. The Morgan fingerprint density at radius 3 is 2.61 bits per heavy atom. The summed E-state index contributed by atoms with van der Waals surface area (Å²) >= 11 is 0. The molecule has 0 bridgehead atoms. The molecule has 0 saturated heterocycles. The van der Waals surface area contributed by atoms with Crippen LogP contribution in [0, 0.1) is 5.92 Å². The van der Waals surface area contributed by atoms with Crippen LogP contribution in [0.25, 0.3) is 22.6 Å². The molecule has 5 heteroatoms. The molecule has 1 amide bonds. The molecule has 1 aromatic heterocycles. The molecule has 0 spiro atoms. The third-order valence-electron chi connectivity index (χ3n) is 4.93. The maximum Gasteiger partial charge on any atom is 0.255 e. The summed E-state index contributed by atoms with van der Waals surface area (Å²) in [5, 5.41) is 2.94. The average Bonchev–Trinajstić information content (AvgIpc) is 3.21. The van der Waals surface area contributed by atoms with Crippen molar-refractivity contribution in [3.05, 3.63) is 77.9 Å². The average molecular weight is 415 g/mol. The third-order valence-corrected chi connectivity index (χ3v) is 4.93. The Labute approximate surface area is 182 Å². The van der Waals surface area contributed by atoms with Gasteiger partial charge in [0.25, 0.3) is 5.91 Å². The molecule has 0 saturated carbocycles. The SMILES string of the molecule is CCc1ccc2oc(-c3cccc(NC(=O)c4ccc(OCC(C)C)cc4)c3)nc2c1. The fourth-order valence-electron chi connectivity index (χ4n) is 3.22. The van der Waals surface area contributed by atoms with Crippen LogP contribution in [0.15, 0.2) is 71.1 Å². The van der Waals surface area contributed by atoms with E-state index in [2.05, 4.69) is 31.1 Å². The van der Waals surface area contributed by atoms with Gasteiger partial charge >= 0.3 is 0 Å². The Hall–Kier alpha value is -3.60. The second-order valence-electron chi connectivity index (χ2n) is 7.94. The Bertz CT molecular complexity index is 1190. The molecule has 1 heterocycles. The van der Waals surface area contributed by atoms with Gasteiger partial charge in [0, 0.05) is 16.8 Å². The van der Waals surface area contributed by atoms with E-state index in [-0.39, 0.29) is 5.91 Å². The number of hydrogen-bond acceptors (Lipinski definition) is 4. The van der Waals surface area contributed by atoms with E-state index in [1.165, 1.54) is 5.56 Å². The number of amides is 1. The van der Waals surface area contributed by atoms with E-state index >= 15 is 0 Å². The van der Waals surface area contributed by atoms with Crippen LogP contribution in [-0.4, -0.2) is 17.5 Å². The van der Waals surface area contributed by atoms with Gasteiger partial charge in [-0.1, -0.05) is 32.9 Å². The molecular formula is C26H26N2O3. The Kier molecular flexibility index (Phi) is 6.03. The Morgan fingerprint density at radius 2 is 1.87 bits per heavy atom. The summed E-state index contributed by atoms with van der Waals surface area (Å²) in [6, 6.07) is 20.7. The van der Waals surface area contributed by atoms with Gasteiger partial charge < -0.3 is 14.5 Å². The maximum atomic E-state index is 12.7. The lowest BCUT2D eigenvalue weighted by Crippen LogP contribution is -2.12. The van der Waals surface area contributed by atoms with Crippen molar-refractivity contribution in [2.75, 3.05) is 11.9 Å². The lowest BCUT2D eigenvalue weighted by atomic mass is 10.1. The van der Waals surface area contributed by atoms with Crippen molar-refractivity contribution < 1.29 is 13.9 Å². The van der Waals surface area contributed by atoms with Gasteiger partial charge in [-0.3, -0.25) is 4.79 Å². The van der Waals surface area contributed by atoms with Crippen LogP contribution in [0.4, 0.5) is 5.69 Å². The first kappa shape index (κ1) is 20.7. The van der Waals surface area contributed by atoms with Crippen molar-refractivity contribution in [1.82, 2.24) is 4.98 Å². The zero-order chi connectivity index (χ0) is 21.8. The molecular weight excluding hydrogens is 388 g/mol. The lowest BCUT2D eigenvalue weighted by Gasteiger charge is -2.10. The summed E-state index contributed by atoms with van der Waals surface area (Å²) in [6.45, 7) is 6.95. The van der Waals surface area contributed by atoms with E-state index < -0.39 is 0 Å². The normalized spacial score (nSPS) is 11.1. The predicted molar refractivity (Wildman–Crippen MR) is 124 cm³/mol. The molecule has 158 valence electrons. The van der Waals surface area contributed by atoms with E-state index in [0.29, 0.717) is 29.7 Å². The molecule has 1 N–H and O–H groups in total. The number of ether oxygens (including phenoxy) is 1. The summed E-state index contributed by atoms with van der Waals surface area (Å²) in [5.41, 5.74) is 4.86. The van der Waals surface area contributed by atoms with Crippen molar-refractivity contribution in [2.24, 2.45) is 5.92 Å². The molecule has 3 aromatic carbocycles. The monoisotopic (exact) mass is 414 g/mol. The fraction of sp³-hybridized carbons (Fsp3) is 0.231. The smallest absolute Gasteiger partial charge is 0.255 e. The van der Waals surface area contributed by atoms with Crippen molar-refractivity contribution in [3.8, 4) is 17.2 Å². The molecule has 0 fully saturated rings. The van der Waals surface area contributed by atoms with Crippen molar-refractivity contribution in [2.45, 2.75) is 27.2 Å². The number of carbonyl (C=O) groups excluding carboxylic acids is 1. The van der Waals surface area contributed by atoms with E-state index in [1.54, 1.807) is 12.1 Å². The van der Waals surface area contributed by atoms with Crippen LogP contribution in [0.3, 0.4) is 0 Å². The second kappa shape index (κ2) is 9.04. The largest absolute Gasteiger partial charge is 0.493 e. The van der Waals surface area contributed by atoms with Crippen LogP contribution in [0.5, 0.6) is 5.75 Å². The van der Waals surface area contributed by atoms with Gasteiger partial charge in [-0.2, -0.15) is 0 Å². The highest BCUT2D eigenvalue weighted by Gasteiger charge is 2.11. The zero-order valence-electron chi connectivity index (χ0n) is 18.0. The number of aromatic nitrogens is 1. The minimum absolute atomic E-state index is 0.183. The number of carbonyl (C=O) groups is 1. The number of nitrogens with one attached hydrogen (secondary N) is 1. The topological polar surface area (TPSA) is 64.4 Å². The van der Waals surface area contributed by atoms with Gasteiger partial charge in [0.05, 0.1) is 6.61 Å². The van der Waals surface area contributed by atoms with Gasteiger partial charge in [-0.25, -0.2) is 4.98 Å². The summed E-state index contributed by atoms with van der Waals surface area (Å²) in [4.78, 5) is 17.3. The number of hydrogen-bond donors (Lipinski definition) is 1. The van der Waals surface area contributed by atoms with Crippen LogP contribution in [-0.2, 0) is 6.42 Å². The van der Waals surface area contributed by atoms with Gasteiger partial charge in [0.15, 0.2) is 5.58 Å². The van der Waals surface area contributed by atoms with E-state index in [4.69, 9.17) is 9.15 Å². The number of nitrogens with zero attached hydrogens (tertiary/aromatic N) is 1. The minimum Gasteiger partial charge on any atom is -0.493 e. The summed E-state index contributed by atoms with van der Waals surface area (Å²) in [6.07, 6.45) is 0.949. The standard InChI is InChI=1S/C26H26N2O3/c1-4-18-8-13-24-23(14-18)28-26(31-24)20-6-5-7-21(15-20)27-25(29)19-9-11-22(12-10-19)30-16-17(2)3/h5-15,17H,4,16H2,1-3H3,(H,27,29). The van der Waals surface area contributed by atoms with Crippen molar-refractivity contribution >= 4 is 22.7 Å². The van der Waals surface area contributed by atoms with E-state index in [0.717, 1.165) is 28.8 Å². The quantitative estimate of drug-likeness (QED) is 0.383. The van der Waals surface area contributed by atoms with Crippen LogP contribution >= 0.6 is 0 Å². The van der Waals surface area contributed by atoms with Gasteiger partial charge in [-0.15, -0.1) is 0 Å². The molecule has 0 aliphatic carbocycles. The van der Waals surface area contributed by atoms with Gasteiger partial charge in [0.2, 0.25) is 5.89 Å². The number of anilines is 1. The molecule has 4 aromatic rings. The second-order valence-corrected chi connectivity index (χ2v) is 7.94. The minimum atomic E-state index is -0.183. The molecule has 0 aliphatic rings. The number of fused-ring (bicyclic) bond motifs is 1. The van der Waals surface area contributed by atoms with E-state index in [9.17, 15) is 4.79 Å². The lowest BCUT2D eigenvalue weighted by molar-refractivity contribution is 0.102.